The minimum absolute atomic E-state index is 0.0391. The van der Waals surface area contributed by atoms with Crippen molar-refractivity contribution in [2.75, 3.05) is 38.0 Å². The van der Waals surface area contributed by atoms with Crippen molar-refractivity contribution in [3.8, 4) is 5.75 Å². The molecule has 1 amide bonds. The summed E-state index contributed by atoms with van der Waals surface area (Å²) in [7, 11) is 5.73. The van der Waals surface area contributed by atoms with E-state index in [2.05, 4.69) is 29.6 Å². The number of carbonyl (C=O) groups is 1. The van der Waals surface area contributed by atoms with E-state index in [1.165, 1.54) is 24.1 Å². The maximum Gasteiger partial charge on any atom is 0.251 e. The van der Waals surface area contributed by atoms with Crippen LogP contribution in [0.3, 0.4) is 0 Å². The van der Waals surface area contributed by atoms with Gasteiger partial charge in [0.05, 0.1) is 12.8 Å². The Bertz CT molecular complexity index is 938. The third-order valence-electron chi connectivity index (χ3n) is 6.65. The second-order valence-corrected chi connectivity index (χ2v) is 9.20. The number of fused-ring (bicyclic) bond motifs is 1. The molecular weight excluding hydrogens is 402 g/mol. The summed E-state index contributed by atoms with van der Waals surface area (Å²) in [5.74, 6) is 2.99. The van der Waals surface area contributed by atoms with Gasteiger partial charge in [-0.15, -0.1) is 0 Å². The SMILES string of the molecule is COc1cccc(C(=O)NC[C@H]2CC[C@@H](Nc3nc4c(c(N(C)C)n3)CCCC4)CC2)c1. The zero-order valence-corrected chi connectivity index (χ0v) is 19.5. The van der Waals surface area contributed by atoms with Gasteiger partial charge in [-0.1, -0.05) is 6.07 Å². The van der Waals surface area contributed by atoms with E-state index in [0.29, 0.717) is 29.8 Å². The van der Waals surface area contributed by atoms with E-state index < -0.39 is 0 Å². The van der Waals surface area contributed by atoms with Gasteiger partial charge in [0.15, 0.2) is 0 Å². The number of amides is 1. The molecule has 0 saturated heterocycles. The largest absolute Gasteiger partial charge is 0.497 e. The molecule has 2 aliphatic rings. The van der Waals surface area contributed by atoms with E-state index in [4.69, 9.17) is 14.7 Å². The maximum atomic E-state index is 12.5. The number of hydrogen-bond acceptors (Lipinski definition) is 6. The first kappa shape index (κ1) is 22.4. The van der Waals surface area contributed by atoms with Gasteiger partial charge in [-0.25, -0.2) is 4.98 Å². The molecule has 1 saturated carbocycles. The van der Waals surface area contributed by atoms with Gasteiger partial charge in [0.2, 0.25) is 5.95 Å². The summed E-state index contributed by atoms with van der Waals surface area (Å²) in [6.45, 7) is 0.711. The molecule has 2 aliphatic carbocycles. The fourth-order valence-electron chi connectivity index (χ4n) is 4.81. The van der Waals surface area contributed by atoms with Gasteiger partial charge < -0.3 is 20.3 Å². The number of nitrogens with one attached hydrogen (secondary N) is 2. The number of ether oxygens (including phenoxy) is 1. The Morgan fingerprint density at radius 2 is 1.91 bits per heavy atom. The van der Waals surface area contributed by atoms with E-state index in [1.54, 1.807) is 13.2 Å². The van der Waals surface area contributed by atoms with Crippen molar-refractivity contribution in [2.45, 2.75) is 57.4 Å². The summed E-state index contributed by atoms with van der Waals surface area (Å²) in [5, 5.41) is 6.69. The maximum absolute atomic E-state index is 12.5. The monoisotopic (exact) mass is 437 g/mol. The summed E-state index contributed by atoms with van der Waals surface area (Å²) < 4.78 is 5.21. The number of rotatable bonds is 7. The number of carbonyl (C=O) groups excluding carboxylic acids is 1. The molecule has 0 spiro atoms. The number of hydrogen-bond donors (Lipinski definition) is 2. The van der Waals surface area contributed by atoms with Crippen molar-refractivity contribution in [3.63, 3.8) is 0 Å². The third-order valence-corrected chi connectivity index (χ3v) is 6.65. The van der Waals surface area contributed by atoms with E-state index >= 15 is 0 Å². The van der Waals surface area contributed by atoms with Gasteiger partial charge in [0, 0.05) is 37.8 Å². The zero-order chi connectivity index (χ0) is 22.5. The highest BCUT2D eigenvalue weighted by Gasteiger charge is 2.24. The normalized spacial score (nSPS) is 20.2. The van der Waals surface area contributed by atoms with Gasteiger partial charge in [-0.05, 0) is 75.5 Å². The van der Waals surface area contributed by atoms with Crippen LogP contribution in [0.15, 0.2) is 24.3 Å². The van der Waals surface area contributed by atoms with Crippen LogP contribution in [0.1, 0.15) is 60.1 Å². The lowest BCUT2D eigenvalue weighted by Gasteiger charge is -2.30. The quantitative estimate of drug-likeness (QED) is 0.685. The topological polar surface area (TPSA) is 79.4 Å². The van der Waals surface area contributed by atoms with Crippen molar-refractivity contribution in [2.24, 2.45) is 5.92 Å². The van der Waals surface area contributed by atoms with Gasteiger partial charge >= 0.3 is 0 Å². The third kappa shape index (κ3) is 5.31. The number of benzene rings is 1. The highest BCUT2D eigenvalue weighted by molar-refractivity contribution is 5.94. The molecule has 0 atom stereocenters. The Kier molecular flexibility index (Phi) is 7.12. The standard InChI is InChI=1S/C25H35N5O2/c1-30(2)23-21-9-4-5-10-22(21)28-25(29-23)27-19-13-11-17(12-14-19)16-26-24(31)18-7-6-8-20(15-18)32-3/h6-8,15,17,19H,4-5,9-14,16H2,1-3H3,(H,26,31)(H,27,28,29)/t17-,19+. The van der Waals surface area contributed by atoms with Crippen LogP contribution in [0, 0.1) is 5.92 Å². The Labute approximate surface area is 191 Å². The molecular formula is C25H35N5O2. The highest BCUT2D eigenvalue weighted by atomic mass is 16.5. The van der Waals surface area contributed by atoms with Crippen LogP contribution in [-0.2, 0) is 12.8 Å². The van der Waals surface area contributed by atoms with Crippen LogP contribution in [0.2, 0.25) is 0 Å². The van der Waals surface area contributed by atoms with Crippen LogP contribution >= 0.6 is 0 Å². The molecule has 0 bridgehead atoms. The molecule has 32 heavy (non-hydrogen) atoms. The number of anilines is 2. The lowest BCUT2D eigenvalue weighted by molar-refractivity contribution is 0.0943. The summed E-state index contributed by atoms with van der Waals surface area (Å²) in [4.78, 5) is 24.3. The van der Waals surface area contributed by atoms with Crippen molar-refractivity contribution < 1.29 is 9.53 Å². The average Bonchev–Trinajstić information content (AvgIpc) is 2.82. The van der Waals surface area contributed by atoms with Crippen molar-refractivity contribution >= 4 is 17.7 Å². The van der Waals surface area contributed by atoms with Crippen LogP contribution in [-0.4, -0.2) is 49.7 Å². The molecule has 1 aromatic heterocycles. The van der Waals surface area contributed by atoms with E-state index in [9.17, 15) is 4.79 Å². The van der Waals surface area contributed by atoms with Crippen LogP contribution in [0.5, 0.6) is 5.75 Å². The number of methoxy groups -OCH3 is 1. The highest BCUT2D eigenvalue weighted by Crippen LogP contribution is 2.30. The summed E-state index contributed by atoms with van der Waals surface area (Å²) in [5.41, 5.74) is 3.18. The Balaban J connectivity index is 1.29. The Morgan fingerprint density at radius 3 is 2.66 bits per heavy atom. The summed E-state index contributed by atoms with van der Waals surface area (Å²) in [6, 6.07) is 7.67. The molecule has 2 aromatic rings. The van der Waals surface area contributed by atoms with Crippen LogP contribution in [0.25, 0.3) is 0 Å². The van der Waals surface area contributed by atoms with Crippen molar-refractivity contribution in [1.82, 2.24) is 15.3 Å². The lowest BCUT2D eigenvalue weighted by Crippen LogP contribution is -2.34. The molecule has 1 aromatic carbocycles. The first-order valence-electron chi connectivity index (χ1n) is 11.8. The molecule has 0 radical (unpaired) electrons. The van der Waals surface area contributed by atoms with Gasteiger partial charge in [-0.2, -0.15) is 4.98 Å². The van der Waals surface area contributed by atoms with Crippen LogP contribution in [0.4, 0.5) is 11.8 Å². The molecule has 7 heteroatoms. The minimum atomic E-state index is -0.0391. The molecule has 172 valence electrons. The van der Waals surface area contributed by atoms with E-state index in [-0.39, 0.29) is 5.91 Å². The average molecular weight is 438 g/mol. The molecule has 1 fully saturated rings. The fourth-order valence-corrected chi connectivity index (χ4v) is 4.81. The van der Waals surface area contributed by atoms with Crippen molar-refractivity contribution in [3.05, 3.63) is 41.1 Å². The lowest BCUT2D eigenvalue weighted by atomic mass is 9.86. The predicted molar refractivity (Wildman–Crippen MR) is 128 cm³/mol. The first-order chi connectivity index (χ1) is 15.5. The predicted octanol–water partition coefficient (Wildman–Crippen LogP) is 3.83. The minimum Gasteiger partial charge on any atom is -0.497 e. The van der Waals surface area contributed by atoms with E-state index in [1.807, 2.05) is 18.2 Å². The summed E-state index contributed by atoms with van der Waals surface area (Å²) in [6.07, 6.45) is 8.87. The van der Waals surface area contributed by atoms with Gasteiger partial charge in [0.25, 0.3) is 5.91 Å². The second kappa shape index (κ2) is 10.2. The van der Waals surface area contributed by atoms with Gasteiger partial charge in [0.1, 0.15) is 11.6 Å². The second-order valence-electron chi connectivity index (χ2n) is 9.20. The molecule has 1 heterocycles. The van der Waals surface area contributed by atoms with Gasteiger partial charge in [-0.3, -0.25) is 4.79 Å². The fraction of sp³-hybridized carbons (Fsp3) is 0.560. The molecule has 0 aliphatic heterocycles. The molecule has 7 nitrogen and oxygen atoms in total. The number of nitrogens with zero attached hydrogens (tertiary/aromatic N) is 3. The smallest absolute Gasteiger partial charge is 0.251 e. The Hall–Kier alpha value is -2.83. The summed E-state index contributed by atoms with van der Waals surface area (Å²) >= 11 is 0. The molecule has 0 unspecified atom stereocenters. The van der Waals surface area contributed by atoms with Crippen LogP contribution < -0.4 is 20.3 Å². The zero-order valence-electron chi connectivity index (χ0n) is 19.5. The first-order valence-corrected chi connectivity index (χ1v) is 11.8. The van der Waals surface area contributed by atoms with E-state index in [0.717, 1.165) is 50.3 Å². The van der Waals surface area contributed by atoms with Crippen molar-refractivity contribution in [1.29, 1.82) is 0 Å². The number of aryl methyl sites for hydroxylation is 1. The molecule has 2 N–H and O–H groups in total. The number of aromatic nitrogens is 2. The Morgan fingerprint density at radius 1 is 1.12 bits per heavy atom. The molecule has 4 rings (SSSR count).